The van der Waals surface area contributed by atoms with E-state index in [-0.39, 0.29) is 43.5 Å². The van der Waals surface area contributed by atoms with E-state index in [2.05, 4.69) is 48.9 Å². The Morgan fingerprint density at radius 3 is 2.07 bits per heavy atom. The summed E-state index contributed by atoms with van der Waals surface area (Å²) in [5.74, 6) is -3.24. The van der Waals surface area contributed by atoms with E-state index in [1.807, 2.05) is 39.0 Å². The quantitative estimate of drug-likeness (QED) is 0.127. The third-order valence-electron chi connectivity index (χ3n) is 9.68. The fourth-order valence-electron chi connectivity index (χ4n) is 6.61. The van der Waals surface area contributed by atoms with Crippen molar-refractivity contribution < 1.29 is 47.7 Å². The number of alkyl halides is 2. The molecule has 0 fully saturated rings. The second kappa shape index (κ2) is 13.8. The SMILES string of the molecule is [2H]c1c([2H])c(C(C([2H])([2H])[2H])(C([2H])([2H])[2H])C([2H])([2H])[2H])c([2H])c([2H])c1[N+]1=C=[N+](c2[c-]c(C(F)(F)c3[c-]c4c(cc3)c3ncccc3n4-c3cc(C(C)(C)C)ccn3)cc(C(C)(C)C)c2)c2ccccc21.[Pt+2]. The predicted octanol–water partition coefficient (Wildman–Crippen LogP) is 12.1. The van der Waals surface area contributed by atoms with Gasteiger partial charge in [0.1, 0.15) is 11.5 Å². The standard InChI is InChI=1S/C48H45F2N5.Pt/c1-45(2,3)31-16-19-36(20-17-31)53-30-54(40-14-11-10-13-39(40)53)37-26-34(47(7,8)9)25-35(27-37)48(49,50)33-18-21-38-42(28-33)55(41-15-12-23-52-44(38)41)43-29-32(22-24-51-43)46(4,5)6;/h10-26,29H,1-9H3;/q;+2/i1D3,2D3,3D3,16D,17D,19D,20D;. The fraction of sp³-hybridized carbons (Fsp3) is 0.271. The maximum atomic E-state index is 17.5. The summed E-state index contributed by atoms with van der Waals surface area (Å²) in [6, 6.07) is 24.2. The number of nitrogens with zero attached hydrogens (tertiary/aromatic N) is 5. The number of pyridine rings is 2. The molecule has 0 N–H and O–H groups in total. The number of benzene rings is 4. The van der Waals surface area contributed by atoms with E-state index in [1.165, 1.54) is 22.8 Å². The first kappa shape index (κ1) is 25.9. The molecule has 8 rings (SSSR count). The van der Waals surface area contributed by atoms with Crippen molar-refractivity contribution in [2.45, 2.75) is 84.3 Å². The van der Waals surface area contributed by atoms with Crippen molar-refractivity contribution in [1.82, 2.24) is 23.7 Å². The molecule has 56 heavy (non-hydrogen) atoms. The van der Waals surface area contributed by atoms with Gasteiger partial charge in [-0.25, -0.2) is 13.8 Å². The minimum absolute atomic E-state index is 0. The van der Waals surface area contributed by atoms with E-state index in [0.717, 1.165) is 10.1 Å². The summed E-state index contributed by atoms with van der Waals surface area (Å²) in [5.41, 5.74) is -4.17. The maximum absolute atomic E-state index is 17.5. The summed E-state index contributed by atoms with van der Waals surface area (Å²) in [7, 11) is 0. The number of fused-ring (bicyclic) bond motifs is 4. The topological polar surface area (TPSA) is 36.7 Å². The third-order valence-corrected chi connectivity index (χ3v) is 9.68. The molecular formula is C48H45F2N5Pt+2. The molecule has 0 aliphatic carbocycles. The molecule has 7 aromatic rings. The molecule has 3 aromatic heterocycles. The number of hydrogen-bond acceptors (Lipinski definition) is 2. The van der Waals surface area contributed by atoms with Crippen LogP contribution in [0.1, 0.15) is 108 Å². The first-order valence-electron chi connectivity index (χ1n) is 24.2. The number of hydrogen-bond donors (Lipinski definition) is 0. The number of halogens is 2. The van der Waals surface area contributed by atoms with Crippen LogP contribution in [0.5, 0.6) is 0 Å². The molecule has 0 bridgehead atoms. The molecule has 4 heterocycles. The van der Waals surface area contributed by atoms with Crippen molar-refractivity contribution in [2.75, 3.05) is 0 Å². The van der Waals surface area contributed by atoms with Crippen LogP contribution in [0.25, 0.3) is 27.8 Å². The second-order valence-corrected chi connectivity index (χ2v) is 15.7. The van der Waals surface area contributed by atoms with Crippen LogP contribution in [-0.2, 0) is 43.2 Å². The Morgan fingerprint density at radius 2 is 1.39 bits per heavy atom. The van der Waals surface area contributed by atoms with Crippen molar-refractivity contribution in [2.24, 2.45) is 0 Å². The van der Waals surface area contributed by atoms with Crippen molar-refractivity contribution in [3.8, 4) is 5.82 Å². The number of aromatic nitrogens is 3. The Balaban J connectivity index is 0.00000703. The average Bonchev–Trinajstić information content (AvgIpc) is 3.78. The zero-order chi connectivity index (χ0) is 50.1. The number of rotatable bonds is 5. The van der Waals surface area contributed by atoms with E-state index in [0.29, 0.717) is 33.3 Å². The second-order valence-electron chi connectivity index (χ2n) is 15.7. The van der Waals surface area contributed by atoms with Crippen LogP contribution in [0.4, 0.5) is 31.5 Å². The minimum atomic E-state index is -3.87. The monoisotopic (exact) mass is 937 g/mol. The van der Waals surface area contributed by atoms with Gasteiger partial charge in [0.2, 0.25) is 5.69 Å². The van der Waals surface area contributed by atoms with Gasteiger partial charge in [-0.15, -0.1) is 11.6 Å². The molecule has 0 atom stereocenters. The van der Waals surface area contributed by atoms with Crippen LogP contribution >= 0.6 is 0 Å². The summed E-state index contributed by atoms with van der Waals surface area (Å²) < 4.78 is 149. The molecule has 0 radical (unpaired) electrons. The van der Waals surface area contributed by atoms with Crippen LogP contribution < -0.4 is 9.15 Å². The van der Waals surface area contributed by atoms with Gasteiger partial charge >= 0.3 is 27.1 Å². The molecule has 0 saturated carbocycles. The summed E-state index contributed by atoms with van der Waals surface area (Å²) in [4.78, 5) is 9.23. The van der Waals surface area contributed by atoms with Crippen molar-refractivity contribution >= 4 is 50.7 Å². The van der Waals surface area contributed by atoms with Gasteiger partial charge in [0.15, 0.2) is 0 Å². The van der Waals surface area contributed by atoms with Gasteiger partial charge in [-0.1, -0.05) is 125 Å². The fourth-order valence-corrected chi connectivity index (χ4v) is 6.61. The van der Waals surface area contributed by atoms with Crippen LogP contribution in [0.15, 0.2) is 109 Å². The Hall–Kier alpha value is -5.09. The summed E-state index contributed by atoms with van der Waals surface area (Å²) in [6.07, 6.45) is 3.30. The van der Waals surface area contributed by atoms with Crippen molar-refractivity contribution in [1.29, 1.82) is 0 Å². The van der Waals surface area contributed by atoms with E-state index in [9.17, 15) is 0 Å². The predicted molar refractivity (Wildman–Crippen MR) is 220 cm³/mol. The van der Waals surface area contributed by atoms with E-state index in [1.54, 1.807) is 53.4 Å². The molecule has 0 amide bonds. The van der Waals surface area contributed by atoms with Gasteiger partial charge in [0.05, 0.1) is 11.0 Å². The maximum Gasteiger partial charge on any atom is 2.00 e. The molecule has 1 aliphatic heterocycles. The molecule has 0 unspecified atom stereocenters. The zero-order valence-corrected chi connectivity index (χ0v) is 33.7. The van der Waals surface area contributed by atoms with Gasteiger partial charge < -0.3 is 4.57 Å². The smallest absolute Gasteiger partial charge is 0.318 e. The Labute approximate surface area is 360 Å². The molecule has 1 aliphatic rings. The van der Waals surface area contributed by atoms with Crippen molar-refractivity contribution in [3.63, 3.8) is 0 Å². The molecule has 0 saturated heterocycles. The van der Waals surface area contributed by atoms with Crippen LogP contribution in [0.2, 0.25) is 0 Å². The van der Waals surface area contributed by atoms with E-state index in [4.69, 9.17) is 17.8 Å². The Morgan fingerprint density at radius 1 is 0.696 bits per heavy atom. The summed E-state index contributed by atoms with van der Waals surface area (Å²) >= 11 is 0. The number of para-hydroxylation sites is 2. The molecule has 4 aromatic carbocycles. The van der Waals surface area contributed by atoms with Gasteiger partial charge in [-0.2, -0.15) is 18.2 Å². The van der Waals surface area contributed by atoms with Crippen molar-refractivity contribution in [3.05, 3.63) is 149 Å². The Bertz CT molecular complexity index is 3240. The normalized spacial score (nSPS) is 17.5. The summed E-state index contributed by atoms with van der Waals surface area (Å²) in [6.45, 7) is 0.121. The van der Waals surface area contributed by atoms with Gasteiger partial charge in [0, 0.05) is 54.5 Å². The van der Waals surface area contributed by atoms with Crippen LogP contribution in [-0.4, -0.2) is 20.5 Å². The average molecular weight is 938 g/mol. The van der Waals surface area contributed by atoms with E-state index < -0.39 is 83.9 Å². The largest absolute Gasteiger partial charge is 2.00 e. The van der Waals surface area contributed by atoms with E-state index >= 15 is 8.78 Å². The first-order valence-corrected chi connectivity index (χ1v) is 17.7. The summed E-state index contributed by atoms with van der Waals surface area (Å²) in [5, 5.41) is 0.581. The molecular weight excluding hydrogens is 880 g/mol. The third kappa shape index (κ3) is 6.86. The molecule has 8 heteroatoms. The zero-order valence-electron chi connectivity index (χ0n) is 44.4. The first-order chi connectivity index (χ1) is 31.3. The van der Waals surface area contributed by atoms with Gasteiger partial charge in [-0.3, -0.25) is 4.98 Å². The van der Waals surface area contributed by atoms with Gasteiger partial charge in [-0.05, 0) is 56.2 Å². The minimum Gasteiger partial charge on any atom is -0.318 e. The van der Waals surface area contributed by atoms with Crippen LogP contribution in [0.3, 0.4) is 0 Å². The van der Waals surface area contributed by atoms with Gasteiger partial charge in [0.25, 0.3) is 17.3 Å². The Kier molecular flexibility index (Phi) is 6.41. The molecule has 5 nitrogen and oxygen atoms in total. The van der Waals surface area contributed by atoms with Crippen LogP contribution in [0, 0.1) is 12.1 Å². The molecule has 0 spiro atoms. The molecule has 284 valence electrons.